The molecule has 1 aromatic heterocycles. The van der Waals surface area contributed by atoms with Crippen LogP contribution < -0.4 is 4.90 Å². The van der Waals surface area contributed by atoms with Crippen LogP contribution in [0.2, 0.25) is 0 Å². The van der Waals surface area contributed by atoms with Crippen LogP contribution in [0.1, 0.15) is 26.2 Å². The lowest BCUT2D eigenvalue weighted by atomic mass is 10.3. The van der Waals surface area contributed by atoms with Crippen LogP contribution in [-0.4, -0.2) is 29.1 Å². The average Bonchev–Trinajstić information content (AvgIpc) is 2.87. The molecule has 0 spiro atoms. The van der Waals surface area contributed by atoms with Gasteiger partial charge in [0.1, 0.15) is 0 Å². The molecule has 2 rings (SSSR count). The summed E-state index contributed by atoms with van der Waals surface area (Å²) in [5, 5.41) is 0. The Morgan fingerprint density at radius 3 is 2.80 bits per heavy atom. The van der Waals surface area contributed by atoms with Gasteiger partial charge in [-0.2, -0.15) is 0 Å². The number of rotatable bonds is 4. The lowest BCUT2D eigenvalue weighted by Crippen LogP contribution is -2.30. The van der Waals surface area contributed by atoms with Crippen molar-refractivity contribution in [3.8, 4) is 0 Å². The second-order valence-electron chi connectivity index (χ2n) is 4.48. The first-order valence-electron chi connectivity index (χ1n) is 6.55. The molecular formula is C14H17N3O3. The summed E-state index contributed by atoms with van der Waals surface area (Å²) < 4.78 is 4.75. The first kappa shape index (κ1) is 14.0. The van der Waals surface area contributed by atoms with Crippen molar-refractivity contribution in [1.82, 2.24) is 9.97 Å². The van der Waals surface area contributed by atoms with Gasteiger partial charge in [0.15, 0.2) is 0 Å². The number of nitrogens with zero attached hydrogens (tertiary/aromatic N) is 2. The van der Waals surface area contributed by atoms with E-state index in [0.29, 0.717) is 12.4 Å². The molecule has 0 aliphatic carbocycles. The molecule has 0 saturated heterocycles. The maximum atomic E-state index is 11.8. The van der Waals surface area contributed by atoms with Crippen LogP contribution >= 0.6 is 0 Å². The smallest absolute Gasteiger partial charge is 0.376 e. The molecule has 1 aromatic carbocycles. The van der Waals surface area contributed by atoms with Crippen molar-refractivity contribution < 1.29 is 14.3 Å². The van der Waals surface area contributed by atoms with E-state index in [-0.39, 0.29) is 6.42 Å². The van der Waals surface area contributed by atoms with Crippen LogP contribution in [0.4, 0.5) is 10.7 Å². The Morgan fingerprint density at radius 1 is 1.35 bits per heavy atom. The second kappa shape index (κ2) is 6.18. The number of anilines is 1. The lowest BCUT2D eigenvalue weighted by molar-refractivity contribution is -0.137. The first-order chi connectivity index (χ1) is 9.61. The number of aromatic nitrogens is 2. The number of hydrogen-bond acceptors (Lipinski definition) is 4. The Morgan fingerprint density at radius 2 is 2.10 bits per heavy atom. The molecule has 1 N–H and O–H groups in total. The Hall–Kier alpha value is -2.37. The summed E-state index contributed by atoms with van der Waals surface area (Å²) in [6.45, 7) is 1.97. The summed E-state index contributed by atoms with van der Waals surface area (Å²) in [7, 11) is 1.51. The van der Waals surface area contributed by atoms with Gasteiger partial charge in [-0.05, 0) is 18.6 Å². The van der Waals surface area contributed by atoms with Gasteiger partial charge >= 0.3 is 12.1 Å². The predicted octanol–water partition coefficient (Wildman–Crippen LogP) is 2.85. The minimum atomic E-state index is -0.731. The van der Waals surface area contributed by atoms with E-state index in [0.717, 1.165) is 17.5 Å². The number of amides is 1. The largest absolute Gasteiger partial charge is 0.424 e. The van der Waals surface area contributed by atoms with E-state index in [1.165, 1.54) is 11.9 Å². The normalized spacial score (nSPS) is 10.5. The number of para-hydroxylation sites is 2. The molecule has 0 aliphatic heterocycles. The SMILES string of the molecule is CCCCC(=O)OC(=O)N(C)c1nc2ccccc2[nH]1. The number of ether oxygens (including phenoxy) is 1. The summed E-state index contributed by atoms with van der Waals surface area (Å²) in [6, 6.07) is 7.43. The van der Waals surface area contributed by atoms with E-state index in [9.17, 15) is 9.59 Å². The summed E-state index contributed by atoms with van der Waals surface area (Å²) in [5.74, 6) is -0.167. The van der Waals surface area contributed by atoms with Gasteiger partial charge < -0.3 is 9.72 Å². The highest BCUT2D eigenvalue weighted by atomic mass is 16.6. The number of benzene rings is 1. The number of H-pyrrole nitrogens is 1. The van der Waals surface area contributed by atoms with Crippen LogP contribution in [0.5, 0.6) is 0 Å². The zero-order valence-electron chi connectivity index (χ0n) is 11.5. The zero-order valence-corrected chi connectivity index (χ0v) is 11.5. The van der Waals surface area contributed by atoms with E-state index in [1.54, 1.807) is 0 Å². The third-order valence-electron chi connectivity index (χ3n) is 2.90. The molecule has 20 heavy (non-hydrogen) atoms. The molecule has 6 nitrogen and oxygen atoms in total. The molecule has 0 unspecified atom stereocenters. The van der Waals surface area contributed by atoms with E-state index >= 15 is 0 Å². The van der Waals surface area contributed by atoms with Gasteiger partial charge in [0.25, 0.3) is 0 Å². The van der Waals surface area contributed by atoms with E-state index in [4.69, 9.17) is 4.74 Å². The van der Waals surface area contributed by atoms with Gasteiger partial charge in [-0.1, -0.05) is 25.5 Å². The molecule has 1 amide bonds. The minimum Gasteiger partial charge on any atom is -0.376 e. The van der Waals surface area contributed by atoms with E-state index in [1.807, 2.05) is 31.2 Å². The fourth-order valence-electron chi connectivity index (χ4n) is 1.72. The topological polar surface area (TPSA) is 75.3 Å². The summed E-state index contributed by atoms with van der Waals surface area (Å²) in [6.07, 6.45) is 1.10. The van der Waals surface area contributed by atoms with E-state index < -0.39 is 12.1 Å². The van der Waals surface area contributed by atoms with Gasteiger partial charge in [-0.15, -0.1) is 0 Å². The van der Waals surface area contributed by atoms with Gasteiger partial charge in [-0.3, -0.25) is 4.79 Å². The molecule has 0 bridgehead atoms. The van der Waals surface area contributed by atoms with Crippen LogP contribution in [0.25, 0.3) is 11.0 Å². The van der Waals surface area contributed by atoms with Crippen molar-refractivity contribution in [2.45, 2.75) is 26.2 Å². The van der Waals surface area contributed by atoms with Crippen molar-refractivity contribution >= 4 is 29.0 Å². The molecular weight excluding hydrogens is 258 g/mol. The van der Waals surface area contributed by atoms with Gasteiger partial charge in [0.2, 0.25) is 5.95 Å². The molecule has 1 heterocycles. The molecule has 6 heteroatoms. The lowest BCUT2D eigenvalue weighted by Gasteiger charge is -2.12. The van der Waals surface area contributed by atoms with Crippen molar-refractivity contribution in [2.24, 2.45) is 0 Å². The van der Waals surface area contributed by atoms with Gasteiger partial charge in [0, 0.05) is 13.5 Å². The van der Waals surface area contributed by atoms with Gasteiger partial charge in [-0.25, -0.2) is 14.7 Å². The maximum Gasteiger partial charge on any atom is 0.424 e. The van der Waals surface area contributed by atoms with Crippen LogP contribution in [0.3, 0.4) is 0 Å². The zero-order chi connectivity index (χ0) is 14.5. The summed E-state index contributed by atoms with van der Waals surface area (Å²) >= 11 is 0. The van der Waals surface area contributed by atoms with Crippen LogP contribution in [0.15, 0.2) is 24.3 Å². The third-order valence-corrected chi connectivity index (χ3v) is 2.90. The average molecular weight is 275 g/mol. The number of imidazole rings is 1. The molecule has 2 aromatic rings. The Kier molecular flexibility index (Phi) is 4.34. The fraction of sp³-hybridized carbons (Fsp3) is 0.357. The Labute approximate surface area is 116 Å². The number of esters is 1. The second-order valence-corrected chi connectivity index (χ2v) is 4.48. The number of carbonyl (C=O) groups is 2. The number of hydrogen-bond donors (Lipinski definition) is 1. The van der Waals surface area contributed by atoms with Crippen molar-refractivity contribution in [3.63, 3.8) is 0 Å². The number of aromatic amines is 1. The third kappa shape index (κ3) is 3.14. The standard InChI is InChI=1S/C14H17N3O3/c1-3-4-9-12(18)20-14(19)17(2)13-15-10-7-5-6-8-11(10)16-13/h5-8H,3-4,9H2,1-2H3,(H,15,16). The van der Waals surface area contributed by atoms with Crippen LogP contribution in [-0.2, 0) is 9.53 Å². The predicted molar refractivity (Wildman–Crippen MR) is 75.5 cm³/mol. The Balaban J connectivity index is 2.04. The molecule has 0 fully saturated rings. The highest BCUT2D eigenvalue weighted by Gasteiger charge is 2.19. The van der Waals surface area contributed by atoms with Crippen molar-refractivity contribution in [3.05, 3.63) is 24.3 Å². The quantitative estimate of drug-likeness (QED) is 0.687. The molecule has 0 saturated carbocycles. The van der Waals surface area contributed by atoms with Crippen molar-refractivity contribution in [1.29, 1.82) is 0 Å². The molecule has 0 aliphatic rings. The molecule has 0 atom stereocenters. The molecule has 0 radical (unpaired) electrons. The summed E-state index contributed by atoms with van der Waals surface area (Å²) in [4.78, 5) is 31.7. The Bertz CT molecular complexity index is 588. The fourth-order valence-corrected chi connectivity index (χ4v) is 1.72. The van der Waals surface area contributed by atoms with Gasteiger partial charge in [0.05, 0.1) is 11.0 Å². The highest BCUT2D eigenvalue weighted by Crippen LogP contribution is 2.16. The summed E-state index contributed by atoms with van der Waals surface area (Å²) in [5.41, 5.74) is 1.57. The number of nitrogens with one attached hydrogen (secondary N) is 1. The van der Waals surface area contributed by atoms with Crippen molar-refractivity contribution in [2.75, 3.05) is 11.9 Å². The van der Waals surface area contributed by atoms with Crippen LogP contribution in [0, 0.1) is 0 Å². The highest BCUT2D eigenvalue weighted by molar-refractivity contribution is 5.94. The molecule has 106 valence electrons. The monoisotopic (exact) mass is 275 g/mol. The number of fused-ring (bicyclic) bond motifs is 1. The number of carbonyl (C=O) groups excluding carboxylic acids is 2. The number of unbranched alkanes of at least 4 members (excludes halogenated alkanes) is 1. The van der Waals surface area contributed by atoms with E-state index in [2.05, 4.69) is 9.97 Å². The minimum absolute atomic E-state index is 0.246. The first-order valence-corrected chi connectivity index (χ1v) is 6.55. The maximum absolute atomic E-state index is 11.8.